The van der Waals surface area contributed by atoms with E-state index in [9.17, 15) is 9.59 Å². The van der Waals surface area contributed by atoms with Gasteiger partial charge in [-0.1, -0.05) is 37.3 Å². The summed E-state index contributed by atoms with van der Waals surface area (Å²) in [6.07, 6.45) is 3.52. The molecule has 0 bridgehead atoms. The van der Waals surface area contributed by atoms with Crippen molar-refractivity contribution in [2.75, 3.05) is 13.7 Å². The predicted octanol–water partition coefficient (Wildman–Crippen LogP) is 3.76. The molecule has 7 heteroatoms. The zero-order chi connectivity index (χ0) is 21.6. The van der Waals surface area contributed by atoms with Crippen molar-refractivity contribution in [3.63, 3.8) is 0 Å². The Morgan fingerprint density at radius 2 is 1.90 bits per heavy atom. The number of carbonyl (C=O) groups is 2. The molecule has 1 atom stereocenters. The fourth-order valence-corrected chi connectivity index (χ4v) is 3.20. The number of methoxy groups -OCH3 is 1. The van der Waals surface area contributed by atoms with Crippen LogP contribution in [0.3, 0.4) is 0 Å². The average Bonchev–Trinajstić information content (AvgIpc) is 2.98. The van der Waals surface area contributed by atoms with Gasteiger partial charge in [0, 0.05) is 0 Å². The number of urea groups is 1. The first-order valence-corrected chi connectivity index (χ1v) is 10.0. The van der Waals surface area contributed by atoms with Crippen LogP contribution in [0.25, 0.3) is 0 Å². The van der Waals surface area contributed by atoms with Gasteiger partial charge in [-0.25, -0.2) is 4.79 Å². The van der Waals surface area contributed by atoms with Gasteiger partial charge in [0.15, 0.2) is 11.5 Å². The van der Waals surface area contributed by atoms with E-state index < -0.39 is 11.6 Å². The summed E-state index contributed by atoms with van der Waals surface area (Å²) in [5, 5.41) is 7.78. The molecule has 0 spiro atoms. The second-order valence-electron chi connectivity index (χ2n) is 7.37. The molecular weight excluding hydrogens is 382 g/mol. The summed E-state index contributed by atoms with van der Waals surface area (Å²) < 4.78 is 11.0. The highest BCUT2D eigenvalue weighted by Gasteiger charge is 2.47. The summed E-state index contributed by atoms with van der Waals surface area (Å²) in [4.78, 5) is 25.2. The molecule has 1 saturated heterocycles. The SMILES string of the molecule is CCCOc1ccc(/C=N\N2C(=O)N[C@@](C)(CCc3ccccc3)C2=O)cc1OC. The third-order valence-corrected chi connectivity index (χ3v) is 4.97. The van der Waals surface area contributed by atoms with Crippen molar-refractivity contribution in [1.82, 2.24) is 10.3 Å². The van der Waals surface area contributed by atoms with Gasteiger partial charge in [-0.2, -0.15) is 5.10 Å². The minimum absolute atomic E-state index is 0.366. The zero-order valence-electron chi connectivity index (χ0n) is 17.6. The first-order valence-electron chi connectivity index (χ1n) is 10.0. The van der Waals surface area contributed by atoms with E-state index in [0.717, 1.165) is 17.0 Å². The standard InChI is InChI=1S/C23H27N3O4/c1-4-14-30-19-11-10-18(15-20(19)29-3)16-24-26-21(27)23(2,25-22(26)28)13-12-17-8-6-5-7-9-17/h5-11,15-16H,4,12-14H2,1-3H3,(H,25,28)/b24-16-/t23-/m0/s1. The van der Waals surface area contributed by atoms with E-state index in [2.05, 4.69) is 10.4 Å². The minimum atomic E-state index is -0.986. The summed E-state index contributed by atoms with van der Waals surface area (Å²) in [5.74, 6) is 0.840. The van der Waals surface area contributed by atoms with Gasteiger partial charge in [0.1, 0.15) is 5.54 Å². The molecule has 1 aliphatic rings. The fourth-order valence-electron chi connectivity index (χ4n) is 3.20. The Hall–Kier alpha value is -3.35. The topological polar surface area (TPSA) is 80.2 Å². The molecule has 0 saturated carbocycles. The van der Waals surface area contributed by atoms with Gasteiger partial charge in [0.2, 0.25) is 0 Å². The monoisotopic (exact) mass is 409 g/mol. The van der Waals surface area contributed by atoms with Crippen LogP contribution in [0.1, 0.15) is 37.8 Å². The first-order chi connectivity index (χ1) is 14.5. The van der Waals surface area contributed by atoms with Crippen LogP contribution < -0.4 is 14.8 Å². The minimum Gasteiger partial charge on any atom is -0.493 e. The zero-order valence-corrected chi connectivity index (χ0v) is 17.6. The number of carbonyl (C=O) groups excluding carboxylic acids is 2. The van der Waals surface area contributed by atoms with Crippen LogP contribution in [0.15, 0.2) is 53.6 Å². The molecule has 0 radical (unpaired) electrons. The Kier molecular flexibility index (Phi) is 6.72. The number of nitrogens with zero attached hydrogens (tertiary/aromatic N) is 2. The quantitative estimate of drug-likeness (QED) is 0.505. The second kappa shape index (κ2) is 9.43. The molecule has 7 nitrogen and oxygen atoms in total. The summed E-state index contributed by atoms with van der Waals surface area (Å²) in [6, 6.07) is 14.7. The van der Waals surface area contributed by atoms with E-state index >= 15 is 0 Å². The largest absolute Gasteiger partial charge is 0.493 e. The lowest BCUT2D eigenvalue weighted by Crippen LogP contribution is -2.44. The third-order valence-electron chi connectivity index (χ3n) is 4.97. The Labute approximate surface area is 176 Å². The Morgan fingerprint density at radius 1 is 1.13 bits per heavy atom. The number of amides is 3. The maximum Gasteiger partial charge on any atom is 0.346 e. The highest BCUT2D eigenvalue weighted by atomic mass is 16.5. The lowest BCUT2D eigenvalue weighted by Gasteiger charge is -2.20. The van der Waals surface area contributed by atoms with Crippen LogP contribution in [0, 0.1) is 0 Å². The van der Waals surface area contributed by atoms with Gasteiger partial charge < -0.3 is 14.8 Å². The van der Waals surface area contributed by atoms with E-state index in [0.29, 0.717) is 36.5 Å². The van der Waals surface area contributed by atoms with E-state index in [1.807, 2.05) is 37.3 Å². The van der Waals surface area contributed by atoms with Gasteiger partial charge in [-0.15, -0.1) is 5.01 Å². The van der Waals surface area contributed by atoms with Crippen molar-refractivity contribution >= 4 is 18.2 Å². The molecule has 3 rings (SSSR count). The summed E-state index contributed by atoms with van der Waals surface area (Å²) in [6.45, 7) is 4.35. The van der Waals surface area contributed by atoms with Crippen LogP contribution in [0.5, 0.6) is 11.5 Å². The van der Waals surface area contributed by atoms with Gasteiger partial charge in [0.05, 0.1) is 19.9 Å². The molecule has 0 unspecified atom stereocenters. The number of hydrogen-bond acceptors (Lipinski definition) is 5. The Bertz CT molecular complexity index is 929. The lowest BCUT2D eigenvalue weighted by molar-refractivity contribution is -0.130. The fraction of sp³-hybridized carbons (Fsp3) is 0.348. The molecule has 0 aromatic heterocycles. The highest BCUT2D eigenvalue weighted by molar-refractivity contribution is 6.07. The molecule has 2 aromatic carbocycles. The normalized spacial score (nSPS) is 18.7. The maximum absolute atomic E-state index is 12.9. The smallest absolute Gasteiger partial charge is 0.346 e. The Balaban J connectivity index is 1.69. The van der Waals surface area contributed by atoms with Crippen molar-refractivity contribution in [1.29, 1.82) is 0 Å². The maximum atomic E-state index is 12.9. The predicted molar refractivity (Wildman–Crippen MR) is 115 cm³/mol. The van der Waals surface area contributed by atoms with Gasteiger partial charge >= 0.3 is 6.03 Å². The molecule has 3 amide bonds. The van der Waals surface area contributed by atoms with Crippen molar-refractivity contribution in [3.8, 4) is 11.5 Å². The van der Waals surface area contributed by atoms with E-state index in [1.165, 1.54) is 6.21 Å². The van der Waals surface area contributed by atoms with Crippen molar-refractivity contribution in [2.45, 2.75) is 38.6 Å². The summed E-state index contributed by atoms with van der Waals surface area (Å²) in [7, 11) is 1.56. The number of aryl methyl sites for hydroxylation is 1. The van der Waals surface area contributed by atoms with E-state index in [1.54, 1.807) is 32.2 Å². The lowest BCUT2D eigenvalue weighted by atomic mass is 9.93. The van der Waals surface area contributed by atoms with Crippen molar-refractivity contribution < 1.29 is 19.1 Å². The molecule has 1 heterocycles. The van der Waals surface area contributed by atoms with Crippen LogP contribution >= 0.6 is 0 Å². The molecule has 2 aromatic rings. The first kappa shape index (κ1) is 21.4. The summed E-state index contributed by atoms with van der Waals surface area (Å²) >= 11 is 0. The molecule has 0 aliphatic carbocycles. The number of rotatable bonds is 9. The second-order valence-corrected chi connectivity index (χ2v) is 7.37. The van der Waals surface area contributed by atoms with Gasteiger partial charge in [-0.3, -0.25) is 4.79 Å². The van der Waals surface area contributed by atoms with Crippen LogP contribution in [0.4, 0.5) is 4.79 Å². The number of imide groups is 1. The number of benzene rings is 2. The van der Waals surface area contributed by atoms with Crippen LogP contribution in [-0.2, 0) is 11.2 Å². The molecule has 30 heavy (non-hydrogen) atoms. The molecule has 1 N–H and O–H groups in total. The van der Waals surface area contributed by atoms with E-state index in [-0.39, 0.29) is 5.91 Å². The number of hydrazone groups is 1. The molecule has 1 aliphatic heterocycles. The van der Waals surface area contributed by atoms with Crippen molar-refractivity contribution in [2.24, 2.45) is 5.10 Å². The van der Waals surface area contributed by atoms with Crippen LogP contribution in [-0.4, -0.2) is 42.4 Å². The van der Waals surface area contributed by atoms with Crippen molar-refractivity contribution in [3.05, 3.63) is 59.7 Å². The number of nitrogens with one attached hydrogen (secondary N) is 1. The molecular formula is C23H27N3O4. The Morgan fingerprint density at radius 3 is 2.60 bits per heavy atom. The van der Waals surface area contributed by atoms with E-state index in [4.69, 9.17) is 9.47 Å². The third kappa shape index (κ3) is 4.79. The number of hydrogen-bond donors (Lipinski definition) is 1. The number of ether oxygens (including phenoxy) is 2. The highest BCUT2D eigenvalue weighted by Crippen LogP contribution is 2.28. The molecule has 1 fully saturated rings. The van der Waals surface area contributed by atoms with Gasteiger partial charge in [0.25, 0.3) is 5.91 Å². The molecule has 158 valence electrons. The summed E-state index contributed by atoms with van der Waals surface area (Å²) in [5.41, 5.74) is 0.814. The average molecular weight is 409 g/mol. The van der Waals surface area contributed by atoms with Crippen LogP contribution in [0.2, 0.25) is 0 Å². The van der Waals surface area contributed by atoms with Gasteiger partial charge in [-0.05, 0) is 55.5 Å².